The van der Waals surface area contributed by atoms with Crippen LogP contribution in [0.2, 0.25) is 0 Å². The molecule has 0 aromatic carbocycles. The third-order valence-corrected chi connectivity index (χ3v) is 3.71. The standard InChI is InChI=1S/C9H18BrN/c1-8(7-10)6-9-4-3-5-11(9)2/h8-9H,3-7H2,1-2H3. The molecule has 0 aliphatic carbocycles. The van der Waals surface area contributed by atoms with Crippen LogP contribution in [0, 0.1) is 5.92 Å². The Labute approximate surface area is 78.3 Å². The van der Waals surface area contributed by atoms with Crippen LogP contribution in [0.3, 0.4) is 0 Å². The zero-order chi connectivity index (χ0) is 8.27. The lowest BCUT2D eigenvalue weighted by atomic mass is 10.0. The van der Waals surface area contributed by atoms with Crippen molar-refractivity contribution in [3.63, 3.8) is 0 Å². The summed E-state index contributed by atoms with van der Waals surface area (Å²) in [6.45, 7) is 3.63. The van der Waals surface area contributed by atoms with Gasteiger partial charge in [-0.1, -0.05) is 22.9 Å². The van der Waals surface area contributed by atoms with Gasteiger partial charge >= 0.3 is 0 Å². The van der Waals surface area contributed by atoms with E-state index < -0.39 is 0 Å². The quantitative estimate of drug-likeness (QED) is 0.660. The summed E-state index contributed by atoms with van der Waals surface area (Å²) >= 11 is 3.52. The van der Waals surface area contributed by atoms with Gasteiger partial charge in [-0.25, -0.2) is 0 Å². The molecule has 0 radical (unpaired) electrons. The van der Waals surface area contributed by atoms with Gasteiger partial charge in [-0.15, -0.1) is 0 Å². The van der Waals surface area contributed by atoms with Gasteiger partial charge in [0.25, 0.3) is 0 Å². The van der Waals surface area contributed by atoms with E-state index in [4.69, 9.17) is 0 Å². The van der Waals surface area contributed by atoms with E-state index in [9.17, 15) is 0 Å². The van der Waals surface area contributed by atoms with Crippen LogP contribution in [-0.4, -0.2) is 29.9 Å². The van der Waals surface area contributed by atoms with E-state index in [-0.39, 0.29) is 0 Å². The Hall–Kier alpha value is 0.440. The molecule has 2 atom stereocenters. The van der Waals surface area contributed by atoms with E-state index in [0.29, 0.717) is 0 Å². The molecule has 66 valence electrons. The molecule has 0 bridgehead atoms. The van der Waals surface area contributed by atoms with Crippen molar-refractivity contribution in [2.45, 2.75) is 32.2 Å². The molecule has 11 heavy (non-hydrogen) atoms. The topological polar surface area (TPSA) is 3.24 Å². The Morgan fingerprint density at radius 1 is 1.64 bits per heavy atom. The smallest absolute Gasteiger partial charge is 0.00955 e. The molecule has 0 N–H and O–H groups in total. The number of rotatable bonds is 3. The van der Waals surface area contributed by atoms with E-state index in [2.05, 4.69) is 34.8 Å². The molecule has 0 aromatic rings. The van der Waals surface area contributed by atoms with Gasteiger partial charge in [0.2, 0.25) is 0 Å². The first-order valence-corrected chi connectivity index (χ1v) is 5.62. The zero-order valence-electron chi connectivity index (χ0n) is 7.52. The van der Waals surface area contributed by atoms with Gasteiger partial charge in [0, 0.05) is 11.4 Å². The molecule has 0 amide bonds. The summed E-state index contributed by atoms with van der Waals surface area (Å²) in [5.74, 6) is 0.834. The lowest BCUT2D eigenvalue weighted by Gasteiger charge is -2.21. The summed E-state index contributed by atoms with van der Waals surface area (Å²) in [7, 11) is 2.25. The lowest BCUT2D eigenvalue weighted by Crippen LogP contribution is -2.26. The van der Waals surface area contributed by atoms with Crippen LogP contribution in [0.15, 0.2) is 0 Å². The first kappa shape index (κ1) is 9.53. The van der Waals surface area contributed by atoms with Gasteiger partial charge in [-0.2, -0.15) is 0 Å². The molecule has 1 saturated heterocycles. The third kappa shape index (κ3) is 2.75. The number of hydrogen-bond acceptors (Lipinski definition) is 1. The SMILES string of the molecule is CC(CBr)CC1CCCN1C. The van der Waals surface area contributed by atoms with Crippen molar-refractivity contribution in [1.82, 2.24) is 4.90 Å². The van der Waals surface area contributed by atoms with Gasteiger partial charge in [0.15, 0.2) is 0 Å². The average molecular weight is 220 g/mol. The van der Waals surface area contributed by atoms with Crippen molar-refractivity contribution in [2.75, 3.05) is 18.9 Å². The molecule has 1 aliphatic rings. The number of likely N-dealkylation sites (tertiary alicyclic amines) is 1. The third-order valence-electron chi connectivity index (χ3n) is 2.61. The minimum absolute atomic E-state index is 0.834. The molecular formula is C9H18BrN. The second kappa shape index (κ2) is 4.46. The number of nitrogens with zero attached hydrogens (tertiary/aromatic N) is 1. The van der Waals surface area contributed by atoms with Crippen LogP contribution in [0.5, 0.6) is 0 Å². The molecular weight excluding hydrogens is 202 g/mol. The van der Waals surface area contributed by atoms with Crippen LogP contribution in [-0.2, 0) is 0 Å². The first-order chi connectivity index (χ1) is 5.24. The van der Waals surface area contributed by atoms with Gasteiger partial charge in [-0.05, 0) is 38.8 Å². The fourth-order valence-electron chi connectivity index (χ4n) is 1.80. The minimum Gasteiger partial charge on any atom is -0.303 e. The van der Waals surface area contributed by atoms with Crippen molar-refractivity contribution >= 4 is 15.9 Å². The van der Waals surface area contributed by atoms with E-state index in [1.807, 2.05) is 0 Å². The second-order valence-electron chi connectivity index (χ2n) is 3.77. The van der Waals surface area contributed by atoms with Crippen LogP contribution >= 0.6 is 15.9 Å². The first-order valence-electron chi connectivity index (χ1n) is 4.50. The molecule has 1 heterocycles. The van der Waals surface area contributed by atoms with E-state index in [0.717, 1.165) is 17.3 Å². The summed E-state index contributed by atoms with van der Waals surface area (Å²) < 4.78 is 0. The number of hydrogen-bond donors (Lipinski definition) is 0. The van der Waals surface area contributed by atoms with E-state index in [1.54, 1.807) is 0 Å². The number of alkyl halides is 1. The molecule has 2 heteroatoms. The van der Waals surface area contributed by atoms with Gasteiger partial charge in [0.05, 0.1) is 0 Å². The number of halogens is 1. The maximum atomic E-state index is 3.52. The highest BCUT2D eigenvalue weighted by Gasteiger charge is 2.21. The van der Waals surface area contributed by atoms with Crippen molar-refractivity contribution in [3.05, 3.63) is 0 Å². The van der Waals surface area contributed by atoms with Crippen LogP contribution < -0.4 is 0 Å². The van der Waals surface area contributed by atoms with Crippen LogP contribution in [0.1, 0.15) is 26.2 Å². The Kier molecular flexibility index (Phi) is 3.86. The summed E-state index contributed by atoms with van der Waals surface area (Å²) in [5.41, 5.74) is 0. The monoisotopic (exact) mass is 219 g/mol. The molecule has 1 fully saturated rings. The predicted molar refractivity (Wildman–Crippen MR) is 53.2 cm³/mol. The minimum atomic E-state index is 0.834. The fourth-order valence-corrected chi connectivity index (χ4v) is 2.07. The highest BCUT2D eigenvalue weighted by Crippen LogP contribution is 2.22. The summed E-state index contributed by atoms with van der Waals surface area (Å²) in [4.78, 5) is 2.50. The molecule has 1 nitrogen and oxygen atoms in total. The Morgan fingerprint density at radius 2 is 2.36 bits per heavy atom. The molecule has 0 saturated carbocycles. The van der Waals surface area contributed by atoms with Crippen molar-refractivity contribution < 1.29 is 0 Å². The summed E-state index contributed by atoms with van der Waals surface area (Å²) in [5, 5.41) is 1.15. The maximum absolute atomic E-state index is 3.52. The molecule has 0 spiro atoms. The predicted octanol–water partition coefficient (Wildman–Crippen LogP) is 2.50. The lowest BCUT2D eigenvalue weighted by molar-refractivity contribution is 0.274. The van der Waals surface area contributed by atoms with Crippen molar-refractivity contribution in [1.29, 1.82) is 0 Å². The zero-order valence-corrected chi connectivity index (χ0v) is 9.10. The van der Waals surface area contributed by atoms with Crippen LogP contribution in [0.4, 0.5) is 0 Å². The fraction of sp³-hybridized carbons (Fsp3) is 1.00. The molecule has 0 aromatic heterocycles. The molecule has 1 aliphatic heterocycles. The summed E-state index contributed by atoms with van der Waals surface area (Å²) in [6.07, 6.45) is 4.17. The highest BCUT2D eigenvalue weighted by molar-refractivity contribution is 9.09. The maximum Gasteiger partial charge on any atom is 0.00955 e. The van der Waals surface area contributed by atoms with Crippen molar-refractivity contribution in [3.8, 4) is 0 Å². The Balaban J connectivity index is 2.24. The Bertz CT molecular complexity index is 116. The van der Waals surface area contributed by atoms with Gasteiger partial charge in [0.1, 0.15) is 0 Å². The largest absolute Gasteiger partial charge is 0.303 e. The van der Waals surface area contributed by atoms with Gasteiger partial charge in [-0.3, -0.25) is 0 Å². The normalized spacial score (nSPS) is 29.2. The highest BCUT2D eigenvalue weighted by atomic mass is 79.9. The van der Waals surface area contributed by atoms with E-state index >= 15 is 0 Å². The summed E-state index contributed by atoms with van der Waals surface area (Å²) in [6, 6.07) is 0.863. The average Bonchev–Trinajstić information content (AvgIpc) is 2.37. The molecule has 2 unspecified atom stereocenters. The van der Waals surface area contributed by atoms with E-state index in [1.165, 1.54) is 25.8 Å². The second-order valence-corrected chi connectivity index (χ2v) is 4.42. The van der Waals surface area contributed by atoms with Crippen molar-refractivity contribution in [2.24, 2.45) is 5.92 Å². The molecule has 1 rings (SSSR count). The van der Waals surface area contributed by atoms with Crippen LogP contribution in [0.25, 0.3) is 0 Å². The Morgan fingerprint density at radius 3 is 2.82 bits per heavy atom. The van der Waals surface area contributed by atoms with Gasteiger partial charge < -0.3 is 4.90 Å².